The molecule has 20 heavy (non-hydrogen) atoms. The highest BCUT2D eigenvalue weighted by Crippen LogP contribution is 2.25. The molecule has 3 rings (SSSR count). The van der Waals surface area contributed by atoms with Crippen molar-refractivity contribution in [1.29, 1.82) is 0 Å². The van der Waals surface area contributed by atoms with Crippen LogP contribution in [-0.2, 0) is 20.8 Å². The van der Waals surface area contributed by atoms with Crippen LogP contribution in [0.1, 0.15) is 18.4 Å². The lowest BCUT2D eigenvalue weighted by atomic mass is 10.0. The molecule has 3 N–H and O–H groups in total. The fourth-order valence-corrected chi connectivity index (χ4v) is 2.56. The molecule has 6 heteroatoms. The van der Waals surface area contributed by atoms with E-state index in [1.807, 2.05) is 24.3 Å². The maximum Gasteiger partial charge on any atom is 0.249 e. The molecule has 2 aliphatic heterocycles. The lowest BCUT2D eigenvalue weighted by molar-refractivity contribution is -0.137. The maximum atomic E-state index is 12.2. The molecule has 1 saturated heterocycles. The zero-order valence-corrected chi connectivity index (χ0v) is 10.8. The lowest BCUT2D eigenvalue weighted by Crippen LogP contribution is -2.54. The molecule has 0 saturated carbocycles. The number of fused-ring (bicyclic) bond motifs is 1. The number of amides is 3. The van der Waals surface area contributed by atoms with Crippen molar-refractivity contribution >= 4 is 23.4 Å². The topological polar surface area (TPSA) is 87.3 Å². The van der Waals surface area contributed by atoms with Crippen molar-refractivity contribution < 1.29 is 14.4 Å². The Hall–Kier alpha value is -2.37. The summed E-state index contributed by atoms with van der Waals surface area (Å²) in [6.45, 7) is 0. The maximum absolute atomic E-state index is 12.2. The Morgan fingerprint density at radius 3 is 2.80 bits per heavy atom. The van der Waals surface area contributed by atoms with Crippen molar-refractivity contribution in [2.75, 3.05) is 5.32 Å². The third-order valence-electron chi connectivity index (χ3n) is 3.64. The molecule has 2 heterocycles. The molecule has 0 radical (unpaired) electrons. The van der Waals surface area contributed by atoms with Gasteiger partial charge in [0.15, 0.2) is 0 Å². The van der Waals surface area contributed by atoms with Gasteiger partial charge >= 0.3 is 0 Å². The average Bonchev–Trinajstić information content (AvgIpc) is 2.86. The van der Waals surface area contributed by atoms with Crippen molar-refractivity contribution in [1.82, 2.24) is 10.6 Å². The average molecular weight is 273 g/mol. The second-order valence-corrected chi connectivity index (χ2v) is 5.07. The van der Waals surface area contributed by atoms with Crippen molar-refractivity contribution in [2.45, 2.75) is 31.3 Å². The highest BCUT2D eigenvalue weighted by Gasteiger charge is 2.32. The first kappa shape index (κ1) is 12.7. The number of nitrogens with one attached hydrogen (secondary N) is 3. The van der Waals surface area contributed by atoms with Gasteiger partial charge in [0.2, 0.25) is 17.7 Å². The molecule has 104 valence electrons. The number of anilines is 1. The highest BCUT2D eigenvalue weighted by molar-refractivity contribution is 6.02. The first-order valence-electron chi connectivity index (χ1n) is 6.62. The van der Waals surface area contributed by atoms with Crippen LogP contribution < -0.4 is 16.0 Å². The summed E-state index contributed by atoms with van der Waals surface area (Å²) < 4.78 is 0. The monoisotopic (exact) mass is 273 g/mol. The van der Waals surface area contributed by atoms with E-state index < -0.39 is 11.9 Å². The normalized spacial score (nSPS) is 24.6. The molecular formula is C14H15N3O3. The predicted molar refractivity (Wildman–Crippen MR) is 71.9 cm³/mol. The van der Waals surface area contributed by atoms with Crippen LogP contribution in [0.3, 0.4) is 0 Å². The molecule has 2 aliphatic rings. The Bertz CT molecular complexity index is 560. The van der Waals surface area contributed by atoms with E-state index >= 15 is 0 Å². The number of imide groups is 1. The van der Waals surface area contributed by atoms with E-state index in [0.29, 0.717) is 12.8 Å². The van der Waals surface area contributed by atoms with Crippen LogP contribution in [-0.4, -0.2) is 29.8 Å². The van der Waals surface area contributed by atoms with Crippen molar-refractivity contribution in [2.24, 2.45) is 0 Å². The summed E-state index contributed by atoms with van der Waals surface area (Å²) in [7, 11) is 0. The minimum absolute atomic E-state index is 0.212. The third-order valence-corrected chi connectivity index (χ3v) is 3.64. The van der Waals surface area contributed by atoms with E-state index in [4.69, 9.17) is 0 Å². The van der Waals surface area contributed by atoms with E-state index in [9.17, 15) is 14.4 Å². The van der Waals surface area contributed by atoms with Gasteiger partial charge in [0.05, 0.1) is 0 Å². The molecule has 1 aromatic carbocycles. The van der Waals surface area contributed by atoms with E-state index in [-0.39, 0.29) is 24.3 Å². The van der Waals surface area contributed by atoms with Gasteiger partial charge in [-0.3, -0.25) is 19.7 Å². The van der Waals surface area contributed by atoms with Gasteiger partial charge in [-0.1, -0.05) is 18.2 Å². The number of carbonyl (C=O) groups excluding carboxylic acids is 3. The first-order valence-corrected chi connectivity index (χ1v) is 6.62. The SMILES string of the molecule is O=C1CCC(NC(=O)C2Cc3ccccc3N2)C(=O)N1. The summed E-state index contributed by atoms with van der Waals surface area (Å²) in [4.78, 5) is 34.8. The van der Waals surface area contributed by atoms with E-state index in [1.54, 1.807) is 0 Å². The fourth-order valence-electron chi connectivity index (χ4n) is 2.56. The largest absolute Gasteiger partial charge is 0.373 e. The van der Waals surface area contributed by atoms with Crippen LogP contribution >= 0.6 is 0 Å². The van der Waals surface area contributed by atoms with Gasteiger partial charge in [-0.2, -0.15) is 0 Å². The summed E-state index contributed by atoms with van der Waals surface area (Å²) in [6.07, 6.45) is 1.22. The van der Waals surface area contributed by atoms with Crippen LogP contribution in [0.5, 0.6) is 0 Å². The molecule has 6 nitrogen and oxygen atoms in total. The van der Waals surface area contributed by atoms with Crippen molar-refractivity contribution in [3.8, 4) is 0 Å². The summed E-state index contributed by atoms with van der Waals surface area (Å²) in [5.74, 6) is -0.923. The second kappa shape index (κ2) is 4.96. The van der Waals surface area contributed by atoms with E-state index in [1.165, 1.54) is 0 Å². The van der Waals surface area contributed by atoms with Gasteiger partial charge in [0.1, 0.15) is 12.1 Å². The Labute approximate surface area is 115 Å². The molecule has 1 aromatic rings. The second-order valence-electron chi connectivity index (χ2n) is 5.07. The quantitative estimate of drug-likeness (QED) is 0.659. The zero-order chi connectivity index (χ0) is 14.1. The molecule has 0 bridgehead atoms. The molecular weight excluding hydrogens is 258 g/mol. The minimum Gasteiger partial charge on any atom is -0.373 e. The summed E-state index contributed by atoms with van der Waals surface area (Å²) in [5.41, 5.74) is 2.05. The number of para-hydroxylation sites is 1. The van der Waals surface area contributed by atoms with E-state index in [0.717, 1.165) is 11.3 Å². The standard InChI is InChI=1S/C14H15N3O3/c18-12-6-5-10(13(19)17-12)16-14(20)11-7-8-3-1-2-4-9(8)15-11/h1-4,10-11,15H,5-7H2,(H,16,20)(H,17,18,19). The van der Waals surface area contributed by atoms with Crippen LogP contribution in [0.15, 0.2) is 24.3 Å². The van der Waals surface area contributed by atoms with Crippen LogP contribution in [0.25, 0.3) is 0 Å². The third kappa shape index (κ3) is 2.36. The molecule has 3 amide bonds. The lowest BCUT2D eigenvalue weighted by Gasteiger charge is -2.23. The smallest absolute Gasteiger partial charge is 0.249 e. The van der Waals surface area contributed by atoms with Gasteiger partial charge in [-0.15, -0.1) is 0 Å². The molecule has 2 atom stereocenters. The molecule has 0 aromatic heterocycles. The number of rotatable bonds is 2. The van der Waals surface area contributed by atoms with E-state index in [2.05, 4.69) is 16.0 Å². The minimum atomic E-state index is -0.620. The van der Waals surface area contributed by atoms with Gasteiger partial charge < -0.3 is 10.6 Å². The van der Waals surface area contributed by atoms with Gasteiger partial charge in [-0.05, 0) is 18.1 Å². The summed E-state index contributed by atoms with van der Waals surface area (Å²) >= 11 is 0. The van der Waals surface area contributed by atoms with Crippen LogP contribution in [0, 0.1) is 0 Å². The zero-order valence-electron chi connectivity index (χ0n) is 10.8. The first-order chi connectivity index (χ1) is 9.63. The number of hydrogen-bond acceptors (Lipinski definition) is 4. The van der Waals surface area contributed by atoms with Crippen LogP contribution in [0.4, 0.5) is 5.69 Å². The molecule has 0 aliphatic carbocycles. The summed E-state index contributed by atoms with van der Waals surface area (Å²) in [6, 6.07) is 6.76. The Morgan fingerprint density at radius 1 is 1.25 bits per heavy atom. The summed E-state index contributed by atoms with van der Waals surface area (Å²) in [5, 5.41) is 8.07. The number of carbonyl (C=O) groups is 3. The van der Waals surface area contributed by atoms with Crippen molar-refractivity contribution in [3.63, 3.8) is 0 Å². The van der Waals surface area contributed by atoms with Crippen LogP contribution in [0.2, 0.25) is 0 Å². The fraction of sp³-hybridized carbons (Fsp3) is 0.357. The Balaban J connectivity index is 1.61. The molecule has 1 fully saturated rings. The number of benzene rings is 1. The Morgan fingerprint density at radius 2 is 2.05 bits per heavy atom. The highest BCUT2D eigenvalue weighted by atomic mass is 16.2. The van der Waals surface area contributed by atoms with Gasteiger partial charge in [0, 0.05) is 18.5 Å². The predicted octanol–water partition coefficient (Wildman–Crippen LogP) is -0.0554. The van der Waals surface area contributed by atoms with Gasteiger partial charge in [0.25, 0.3) is 0 Å². The molecule has 2 unspecified atom stereocenters. The molecule has 0 spiro atoms. The Kier molecular flexibility index (Phi) is 3.14. The van der Waals surface area contributed by atoms with Crippen molar-refractivity contribution in [3.05, 3.63) is 29.8 Å². The number of piperidine rings is 1. The number of hydrogen-bond donors (Lipinski definition) is 3. The van der Waals surface area contributed by atoms with Gasteiger partial charge in [-0.25, -0.2) is 0 Å².